The molecule has 124 valence electrons. The zero-order valence-electron chi connectivity index (χ0n) is 15.3. The summed E-state index contributed by atoms with van der Waals surface area (Å²) in [7, 11) is 0. The molecule has 0 saturated carbocycles. The van der Waals surface area contributed by atoms with Crippen molar-refractivity contribution < 1.29 is 0 Å². The van der Waals surface area contributed by atoms with E-state index in [2.05, 4.69) is 51.5 Å². The molecule has 0 fully saturated rings. The second kappa shape index (κ2) is 32.3. The minimum atomic E-state index is 0. The van der Waals surface area contributed by atoms with Gasteiger partial charge in [-0.05, 0) is 12.3 Å². The van der Waals surface area contributed by atoms with Crippen LogP contribution in [0.2, 0.25) is 0 Å². The van der Waals surface area contributed by atoms with E-state index in [0.717, 1.165) is 5.16 Å². The van der Waals surface area contributed by atoms with Crippen LogP contribution in [0.5, 0.6) is 0 Å². The van der Waals surface area contributed by atoms with Crippen LogP contribution in [0.25, 0.3) is 0 Å². The molecule has 0 saturated heterocycles. The third-order valence-electron chi connectivity index (χ3n) is 2.22. The molecule has 1 aromatic rings. The third kappa shape index (κ3) is 38.4. The zero-order valence-corrected chi connectivity index (χ0v) is 18.9. The van der Waals surface area contributed by atoms with Crippen molar-refractivity contribution in [1.29, 1.82) is 0 Å². The molecule has 1 heterocycles. The zero-order chi connectivity index (χ0) is 16.1. The molecule has 0 aliphatic carbocycles. The van der Waals surface area contributed by atoms with Gasteiger partial charge in [-0.2, -0.15) is 0 Å². The Kier molecular flexibility index (Phi) is 44.9. The number of unbranched alkanes of at least 4 members (excludes halogenated alkanes) is 3. The van der Waals surface area contributed by atoms with Gasteiger partial charge in [0.05, 0.1) is 0 Å². The molecule has 0 aliphatic heterocycles. The van der Waals surface area contributed by atoms with Crippen molar-refractivity contribution in [2.75, 3.05) is 6.26 Å². The molecule has 0 unspecified atom stereocenters. The van der Waals surface area contributed by atoms with Crippen molar-refractivity contribution in [1.82, 2.24) is 9.97 Å². The van der Waals surface area contributed by atoms with Gasteiger partial charge in [-0.15, -0.1) is 0 Å². The topological polar surface area (TPSA) is 25.8 Å². The Labute approximate surface area is 155 Å². The van der Waals surface area contributed by atoms with Crippen LogP contribution >= 0.6 is 11.8 Å². The van der Waals surface area contributed by atoms with E-state index in [4.69, 9.17) is 0 Å². The maximum atomic E-state index is 3.95. The summed E-state index contributed by atoms with van der Waals surface area (Å²) in [4.78, 5) is 7.90. The summed E-state index contributed by atoms with van der Waals surface area (Å²) in [6, 6.07) is 1.81. The van der Waals surface area contributed by atoms with E-state index in [-0.39, 0.29) is 23.9 Å². The standard InChI is InChI=1S/C5H6N2S.3C4H10.Sn/c1-8-5-6-3-2-4-7-5;3*1-3-4-2;/h2-4H,1H3;3*3-4H2,1-2H3;. The Hall–Kier alpha value is 0.229. The molecule has 0 N–H and O–H groups in total. The van der Waals surface area contributed by atoms with Crippen LogP contribution in [0.4, 0.5) is 0 Å². The number of rotatable bonds is 4. The van der Waals surface area contributed by atoms with E-state index >= 15 is 0 Å². The molecule has 0 amide bonds. The fraction of sp³-hybridized carbons (Fsp3) is 0.765. The summed E-state index contributed by atoms with van der Waals surface area (Å²) in [6.45, 7) is 13.1. The van der Waals surface area contributed by atoms with Gasteiger partial charge < -0.3 is 0 Å². The quantitative estimate of drug-likeness (QED) is 0.328. The predicted octanol–water partition coefficient (Wildman–Crippen LogP) is 6.24. The van der Waals surface area contributed by atoms with Crippen molar-refractivity contribution in [3.05, 3.63) is 18.5 Å². The monoisotopic (exact) mass is 420 g/mol. The van der Waals surface area contributed by atoms with Crippen LogP contribution in [0, 0.1) is 0 Å². The number of nitrogens with zero attached hydrogens (tertiary/aromatic N) is 2. The van der Waals surface area contributed by atoms with Gasteiger partial charge in [-0.3, -0.25) is 0 Å². The van der Waals surface area contributed by atoms with Crippen molar-refractivity contribution in [3.63, 3.8) is 0 Å². The summed E-state index contributed by atoms with van der Waals surface area (Å²) in [6.07, 6.45) is 13.3. The maximum absolute atomic E-state index is 3.95. The Balaban J connectivity index is -0.0000000973. The molecular formula is C17H36N2SSn. The van der Waals surface area contributed by atoms with Crippen LogP contribution in [0.15, 0.2) is 23.6 Å². The Morgan fingerprint density at radius 2 is 1.00 bits per heavy atom. The Bertz CT molecular complexity index is 218. The van der Waals surface area contributed by atoms with Gasteiger partial charge in [0.1, 0.15) is 0 Å². The minimum absolute atomic E-state index is 0. The first-order chi connectivity index (χ1) is 9.67. The number of hydrogen-bond donors (Lipinski definition) is 0. The Morgan fingerprint density at radius 1 is 0.714 bits per heavy atom. The van der Waals surface area contributed by atoms with E-state index in [1.54, 1.807) is 30.2 Å². The largest absolute Gasteiger partial charge is 0.231 e. The molecule has 0 aromatic carbocycles. The molecule has 21 heavy (non-hydrogen) atoms. The summed E-state index contributed by atoms with van der Waals surface area (Å²) in [5.41, 5.74) is 0. The van der Waals surface area contributed by atoms with E-state index in [9.17, 15) is 0 Å². The van der Waals surface area contributed by atoms with Gasteiger partial charge in [0, 0.05) is 36.3 Å². The minimum Gasteiger partial charge on any atom is -0.231 e. The summed E-state index contributed by atoms with van der Waals surface area (Å²) >= 11 is 1.55. The van der Waals surface area contributed by atoms with E-state index in [0.29, 0.717) is 0 Å². The number of thioether (sulfide) groups is 1. The van der Waals surface area contributed by atoms with E-state index in [1.165, 1.54) is 38.5 Å². The molecule has 0 aliphatic rings. The average Bonchev–Trinajstić information content (AvgIpc) is 2.56. The molecule has 0 spiro atoms. The molecule has 2 nitrogen and oxygen atoms in total. The van der Waals surface area contributed by atoms with Gasteiger partial charge in [0.15, 0.2) is 5.16 Å². The fourth-order valence-electron chi connectivity index (χ4n) is 0.391. The average molecular weight is 419 g/mol. The van der Waals surface area contributed by atoms with Crippen LogP contribution in [0.3, 0.4) is 0 Å². The molecule has 0 bridgehead atoms. The second-order valence-corrected chi connectivity index (χ2v) is 5.01. The fourth-order valence-corrected chi connectivity index (χ4v) is 0.723. The maximum Gasteiger partial charge on any atom is 0.187 e. The smallest absolute Gasteiger partial charge is 0.187 e. The predicted molar refractivity (Wildman–Crippen MR) is 101 cm³/mol. The van der Waals surface area contributed by atoms with Crippen LogP contribution in [-0.4, -0.2) is 40.1 Å². The Morgan fingerprint density at radius 3 is 1.14 bits per heavy atom. The molecule has 4 heteroatoms. The van der Waals surface area contributed by atoms with Crippen molar-refractivity contribution >= 4 is 35.7 Å². The number of hydrogen-bond acceptors (Lipinski definition) is 3. The molecule has 4 radical (unpaired) electrons. The van der Waals surface area contributed by atoms with Gasteiger partial charge >= 0.3 is 0 Å². The van der Waals surface area contributed by atoms with Crippen molar-refractivity contribution in [3.8, 4) is 0 Å². The molecule has 1 aromatic heterocycles. The van der Waals surface area contributed by atoms with Gasteiger partial charge in [-0.25, -0.2) is 9.97 Å². The third-order valence-corrected chi connectivity index (χ3v) is 2.80. The normalized spacial score (nSPS) is 7.76. The van der Waals surface area contributed by atoms with Gasteiger partial charge in [0.25, 0.3) is 0 Å². The van der Waals surface area contributed by atoms with Crippen LogP contribution in [0.1, 0.15) is 80.1 Å². The molecular weight excluding hydrogens is 383 g/mol. The number of aromatic nitrogens is 2. The van der Waals surface area contributed by atoms with Gasteiger partial charge in [0.2, 0.25) is 0 Å². The van der Waals surface area contributed by atoms with Crippen molar-refractivity contribution in [2.24, 2.45) is 0 Å². The second-order valence-electron chi connectivity index (χ2n) is 4.24. The first kappa shape index (κ1) is 29.3. The van der Waals surface area contributed by atoms with Crippen LogP contribution in [-0.2, 0) is 0 Å². The molecule has 0 atom stereocenters. The van der Waals surface area contributed by atoms with Gasteiger partial charge in [-0.1, -0.05) is 91.8 Å². The van der Waals surface area contributed by atoms with E-state index < -0.39 is 0 Å². The molecule has 1 rings (SSSR count). The van der Waals surface area contributed by atoms with Crippen molar-refractivity contribution in [2.45, 2.75) is 85.2 Å². The summed E-state index contributed by atoms with van der Waals surface area (Å²) in [5, 5.41) is 0.826. The first-order valence-electron chi connectivity index (χ1n) is 7.99. The SMILES string of the molecule is CCCC.CCCC.CCCC.CSc1ncccn1.[Sn]. The summed E-state index contributed by atoms with van der Waals surface area (Å²) in [5.74, 6) is 0. The first-order valence-corrected chi connectivity index (χ1v) is 9.21. The van der Waals surface area contributed by atoms with E-state index in [1.807, 2.05) is 6.26 Å². The van der Waals surface area contributed by atoms with Crippen LogP contribution < -0.4 is 0 Å². The summed E-state index contributed by atoms with van der Waals surface area (Å²) < 4.78 is 0.